The Hall–Kier alpha value is -2.53. The van der Waals surface area contributed by atoms with Gasteiger partial charge in [-0.15, -0.1) is 0 Å². The molecular formula is C18H16N2O2S. The van der Waals surface area contributed by atoms with Crippen molar-refractivity contribution in [3.8, 4) is 22.4 Å². The number of sulfone groups is 1. The highest BCUT2D eigenvalue weighted by atomic mass is 32.2. The molecule has 0 atom stereocenters. The summed E-state index contributed by atoms with van der Waals surface area (Å²) >= 11 is 0. The van der Waals surface area contributed by atoms with Gasteiger partial charge in [-0.05, 0) is 42.8 Å². The maximum atomic E-state index is 11.6. The van der Waals surface area contributed by atoms with Crippen molar-refractivity contribution < 1.29 is 8.42 Å². The molecule has 0 radical (unpaired) electrons. The molecule has 0 aliphatic rings. The first kappa shape index (κ1) is 15.4. The molecule has 0 saturated heterocycles. The lowest BCUT2D eigenvalue weighted by Gasteiger charge is -2.10. The number of hydrogen-bond acceptors (Lipinski definition) is 4. The van der Waals surface area contributed by atoms with Gasteiger partial charge in [0.25, 0.3) is 0 Å². The van der Waals surface area contributed by atoms with Crippen molar-refractivity contribution in [2.75, 3.05) is 6.26 Å². The van der Waals surface area contributed by atoms with Crippen LogP contribution in [-0.2, 0) is 9.84 Å². The summed E-state index contributed by atoms with van der Waals surface area (Å²) in [5.41, 5.74) is 4.55. The summed E-state index contributed by atoms with van der Waals surface area (Å²) in [5.74, 6) is 0. The first-order valence-corrected chi connectivity index (χ1v) is 9.03. The average molecular weight is 324 g/mol. The minimum atomic E-state index is -3.20. The van der Waals surface area contributed by atoms with E-state index in [1.807, 2.05) is 43.3 Å². The standard InChI is InChI=1S/C18H16N2O2S/c1-13-5-10-17(18(20-13)15-4-3-11-19-12-15)14-6-8-16(9-7-14)23(2,21)22/h3-12H,1-2H3. The van der Waals surface area contributed by atoms with Crippen LogP contribution in [0.25, 0.3) is 22.4 Å². The van der Waals surface area contributed by atoms with Crippen molar-refractivity contribution in [2.45, 2.75) is 11.8 Å². The number of aromatic nitrogens is 2. The molecule has 0 unspecified atom stereocenters. The molecule has 0 amide bonds. The molecule has 23 heavy (non-hydrogen) atoms. The van der Waals surface area contributed by atoms with Gasteiger partial charge in [-0.1, -0.05) is 18.2 Å². The summed E-state index contributed by atoms with van der Waals surface area (Å²) in [7, 11) is -3.20. The van der Waals surface area contributed by atoms with Gasteiger partial charge in [0.05, 0.1) is 10.6 Å². The van der Waals surface area contributed by atoms with E-state index in [4.69, 9.17) is 0 Å². The average Bonchev–Trinajstić information content (AvgIpc) is 2.55. The Kier molecular flexibility index (Phi) is 3.96. The molecule has 0 aliphatic carbocycles. The molecule has 0 N–H and O–H groups in total. The zero-order chi connectivity index (χ0) is 16.4. The predicted octanol–water partition coefficient (Wildman–Crippen LogP) is 3.52. The van der Waals surface area contributed by atoms with Gasteiger partial charge in [-0.2, -0.15) is 0 Å². The third-order valence-corrected chi connectivity index (χ3v) is 4.69. The van der Waals surface area contributed by atoms with Crippen LogP contribution in [0.1, 0.15) is 5.69 Å². The molecule has 0 saturated carbocycles. The largest absolute Gasteiger partial charge is 0.264 e. The Morgan fingerprint density at radius 3 is 2.26 bits per heavy atom. The van der Waals surface area contributed by atoms with Crippen molar-refractivity contribution in [3.05, 3.63) is 66.6 Å². The molecule has 0 aliphatic heterocycles. The van der Waals surface area contributed by atoms with Crippen LogP contribution in [0, 0.1) is 6.92 Å². The van der Waals surface area contributed by atoms with E-state index in [1.54, 1.807) is 24.5 Å². The number of hydrogen-bond donors (Lipinski definition) is 0. The summed E-state index contributed by atoms with van der Waals surface area (Å²) in [6.07, 6.45) is 4.70. The molecule has 4 nitrogen and oxygen atoms in total. The van der Waals surface area contributed by atoms with Crippen LogP contribution in [-0.4, -0.2) is 24.6 Å². The van der Waals surface area contributed by atoms with Crippen LogP contribution >= 0.6 is 0 Å². The lowest BCUT2D eigenvalue weighted by atomic mass is 10.00. The molecule has 2 aromatic heterocycles. The summed E-state index contributed by atoms with van der Waals surface area (Å²) in [6.45, 7) is 1.94. The van der Waals surface area contributed by atoms with E-state index in [1.165, 1.54) is 6.26 Å². The van der Waals surface area contributed by atoms with E-state index in [2.05, 4.69) is 9.97 Å². The zero-order valence-corrected chi connectivity index (χ0v) is 13.7. The van der Waals surface area contributed by atoms with Gasteiger partial charge in [-0.3, -0.25) is 9.97 Å². The minimum Gasteiger partial charge on any atom is -0.264 e. The molecule has 0 fully saturated rings. The lowest BCUT2D eigenvalue weighted by Crippen LogP contribution is -1.97. The van der Waals surface area contributed by atoms with Crippen LogP contribution < -0.4 is 0 Å². The SMILES string of the molecule is Cc1ccc(-c2ccc(S(C)(=O)=O)cc2)c(-c2cccnc2)n1. The highest BCUT2D eigenvalue weighted by molar-refractivity contribution is 7.90. The Labute approximate surface area is 135 Å². The van der Waals surface area contributed by atoms with E-state index in [9.17, 15) is 8.42 Å². The number of aryl methyl sites for hydroxylation is 1. The fourth-order valence-electron chi connectivity index (χ4n) is 2.39. The van der Waals surface area contributed by atoms with Crippen LogP contribution in [0.3, 0.4) is 0 Å². The third-order valence-electron chi connectivity index (χ3n) is 3.56. The maximum absolute atomic E-state index is 11.6. The smallest absolute Gasteiger partial charge is 0.175 e. The molecule has 116 valence electrons. The van der Waals surface area contributed by atoms with Crippen LogP contribution in [0.15, 0.2) is 65.8 Å². The predicted molar refractivity (Wildman–Crippen MR) is 90.8 cm³/mol. The maximum Gasteiger partial charge on any atom is 0.175 e. The molecule has 0 spiro atoms. The van der Waals surface area contributed by atoms with Gasteiger partial charge < -0.3 is 0 Å². The molecule has 2 heterocycles. The molecular weight excluding hydrogens is 308 g/mol. The minimum absolute atomic E-state index is 0.309. The lowest BCUT2D eigenvalue weighted by molar-refractivity contribution is 0.602. The third kappa shape index (κ3) is 3.29. The summed E-state index contributed by atoms with van der Waals surface area (Å²) in [6, 6.07) is 14.6. The van der Waals surface area contributed by atoms with Crippen molar-refractivity contribution in [2.24, 2.45) is 0 Å². The number of benzene rings is 1. The number of rotatable bonds is 3. The van der Waals surface area contributed by atoms with Crippen molar-refractivity contribution in [3.63, 3.8) is 0 Å². The van der Waals surface area contributed by atoms with Crippen LogP contribution in [0.4, 0.5) is 0 Å². The normalized spacial score (nSPS) is 11.4. The van der Waals surface area contributed by atoms with E-state index >= 15 is 0 Å². The Morgan fingerprint density at radius 1 is 0.913 bits per heavy atom. The summed E-state index contributed by atoms with van der Waals surface area (Å²) < 4.78 is 23.2. The van der Waals surface area contributed by atoms with Gasteiger partial charge in [-0.25, -0.2) is 8.42 Å². The Morgan fingerprint density at radius 2 is 1.65 bits per heavy atom. The topological polar surface area (TPSA) is 59.9 Å². The second-order valence-electron chi connectivity index (χ2n) is 5.39. The van der Waals surface area contributed by atoms with Crippen molar-refractivity contribution >= 4 is 9.84 Å². The molecule has 0 bridgehead atoms. The van der Waals surface area contributed by atoms with E-state index in [0.717, 1.165) is 28.1 Å². The summed E-state index contributed by atoms with van der Waals surface area (Å²) in [5, 5.41) is 0. The Balaban J connectivity index is 2.14. The highest BCUT2D eigenvalue weighted by Crippen LogP contribution is 2.31. The van der Waals surface area contributed by atoms with Gasteiger partial charge in [0.2, 0.25) is 0 Å². The fraction of sp³-hybridized carbons (Fsp3) is 0.111. The van der Waals surface area contributed by atoms with Gasteiger partial charge in [0.15, 0.2) is 9.84 Å². The number of pyridine rings is 2. The van der Waals surface area contributed by atoms with E-state index in [-0.39, 0.29) is 0 Å². The van der Waals surface area contributed by atoms with Gasteiger partial charge >= 0.3 is 0 Å². The first-order valence-electron chi connectivity index (χ1n) is 7.14. The summed E-state index contributed by atoms with van der Waals surface area (Å²) in [4.78, 5) is 9.09. The van der Waals surface area contributed by atoms with E-state index < -0.39 is 9.84 Å². The Bertz CT molecular complexity index is 935. The van der Waals surface area contributed by atoms with Crippen molar-refractivity contribution in [1.29, 1.82) is 0 Å². The molecule has 5 heteroatoms. The fourth-order valence-corrected chi connectivity index (χ4v) is 3.02. The second kappa shape index (κ2) is 5.93. The quantitative estimate of drug-likeness (QED) is 0.739. The molecule has 3 rings (SSSR count). The van der Waals surface area contributed by atoms with Crippen LogP contribution in [0.5, 0.6) is 0 Å². The second-order valence-corrected chi connectivity index (χ2v) is 7.40. The highest BCUT2D eigenvalue weighted by Gasteiger charge is 2.11. The molecule has 1 aromatic carbocycles. The van der Waals surface area contributed by atoms with Gasteiger partial charge in [0.1, 0.15) is 0 Å². The number of nitrogens with zero attached hydrogens (tertiary/aromatic N) is 2. The zero-order valence-electron chi connectivity index (χ0n) is 12.9. The van der Waals surface area contributed by atoms with E-state index in [0.29, 0.717) is 4.90 Å². The molecule has 3 aromatic rings. The van der Waals surface area contributed by atoms with Crippen molar-refractivity contribution in [1.82, 2.24) is 9.97 Å². The monoisotopic (exact) mass is 324 g/mol. The van der Waals surface area contributed by atoms with Gasteiger partial charge in [0, 0.05) is 35.5 Å². The first-order chi connectivity index (χ1) is 10.9. The van der Waals surface area contributed by atoms with Crippen LogP contribution in [0.2, 0.25) is 0 Å².